The molecule has 1 aromatic carbocycles. The Hall–Kier alpha value is -1.88. The number of aliphatic hydroxyl groups excluding tert-OH is 1. The molecule has 0 aliphatic carbocycles. The van der Waals surface area contributed by atoms with E-state index in [1.54, 1.807) is 18.2 Å². The van der Waals surface area contributed by atoms with Gasteiger partial charge in [0.1, 0.15) is 0 Å². The van der Waals surface area contributed by atoms with Crippen LogP contribution in [0.5, 0.6) is 0 Å². The van der Waals surface area contributed by atoms with Gasteiger partial charge in [-0.25, -0.2) is 0 Å². The van der Waals surface area contributed by atoms with Gasteiger partial charge in [-0.2, -0.15) is 0 Å². The molecule has 18 heavy (non-hydrogen) atoms. The van der Waals surface area contributed by atoms with E-state index in [1.807, 2.05) is 0 Å². The minimum Gasteiger partial charge on any atom is -0.391 e. The van der Waals surface area contributed by atoms with Gasteiger partial charge >= 0.3 is 0 Å². The molecule has 0 aliphatic heterocycles. The van der Waals surface area contributed by atoms with Crippen LogP contribution in [0.25, 0.3) is 0 Å². The molecule has 0 spiro atoms. The Labute approximate surface area is 107 Å². The van der Waals surface area contributed by atoms with Crippen molar-refractivity contribution in [3.05, 3.63) is 46.5 Å². The Kier molecular flexibility index (Phi) is 5.32. The lowest BCUT2D eigenvalue weighted by molar-refractivity contribution is -0.385. The summed E-state index contributed by atoms with van der Waals surface area (Å²) in [5.74, 6) is 0. The molecule has 5 nitrogen and oxygen atoms in total. The van der Waals surface area contributed by atoms with E-state index >= 15 is 0 Å². The molecule has 0 saturated carbocycles. The average molecular weight is 250 g/mol. The predicted molar refractivity (Wildman–Crippen MR) is 71.7 cm³/mol. The third kappa shape index (κ3) is 3.30. The highest BCUT2D eigenvalue weighted by molar-refractivity contribution is 5.55. The van der Waals surface area contributed by atoms with Crippen molar-refractivity contribution in [1.29, 1.82) is 0 Å². The predicted octanol–water partition coefficient (Wildman–Crippen LogP) is 2.49. The highest BCUT2D eigenvalue weighted by atomic mass is 16.6. The lowest BCUT2D eigenvalue weighted by Crippen LogP contribution is -2.24. The summed E-state index contributed by atoms with van der Waals surface area (Å²) in [6.45, 7) is 6.95. The lowest BCUT2D eigenvalue weighted by atomic mass is 10.1. The molecule has 1 aromatic rings. The summed E-state index contributed by atoms with van der Waals surface area (Å²) in [5, 5.41) is 20.0. The number of nitrogens with zero attached hydrogens (tertiary/aromatic N) is 2. The fraction of sp³-hybridized carbons (Fsp3) is 0.385. The molecule has 0 radical (unpaired) electrons. The number of benzene rings is 1. The fourth-order valence-corrected chi connectivity index (χ4v) is 1.82. The van der Waals surface area contributed by atoms with Crippen molar-refractivity contribution in [3.8, 4) is 0 Å². The van der Waals surface area contributed by atoms with Gasteiger partial charge in [0.25, 0.3) is 5.69 Å². The highest BCUT2D eigenvalue weighted by Gasteiger charge is 2.15. The van der Waals surface area contributed by atoms with E-state index in [9.17, 15) is 15.2 Å². The van der Waals surface area contributed by atoms with Gasteiger partial charge in [0.05, 0.1) is 17.1 Å². The van der Waals surface area contributed by atoms with Crippen molar-refractivity contribution < 1.29 is 10.0 Å². The van der Waals surface area contributed by atoms with Gasteiger partial charge in [-0.1, -0.05) is 13.0 Å². The van der Waals surface area contributed by atoms with E-state index in [4.69, 9.17) is 0 Å². The van der Waals surface area contributed by atoms with Crippen molar-refractivity contribution in [3.63, 3.8) is 0 Å². The van der Waals surface area contributed by atoms with E-state index in [2.05, 4.69) is 18.4 Å². The van der Waals surface area contributed by atoms with Gasteiger partial charge in [-0.05, 0) is 18.6 Å². The number of nitro groups is 1. The topological polar surface area (TPSA) is 66.6 Å². The quantitative estimate of drug-likeness (QED) is 0.458. The van der Waals surface area contributed by atoms with Crippen molar-refractivity contribution in [1.82, 2.24) is 0 Å². The summed E-state index contributed by atoms with van der Waals surface area (Å²) in [6.07, 6.45) is 2.76. The van der Waals surface area contributed by atoms with E-state index in [-0.39, 0.29) is 12.3 Å². The maximum atomic E-state index is 10.8. The monoisotopic (exact) mass is 250 g/mol. The number of anilines is 1. The van der Waals surface area contributed by atoms with Gasteiger partial charge in [-0.3, -0.25) is 10.1 Å². The van der Waals surface area contributed by atoms with Gasteiger partial charge in [0, 0.05) is 24.8 Å². The molecule has 5 heteroatoms. The first-order valence-electron chi connectivity index (χ1n) is 5.88. The molecule has 0 fully saturated rings. The van der Waals surface area contributed by atoms with Crippen LogP contribution in [-0.2, 0) is 6.61 Å². The number of hydrogen-bond acceptors (Lipinski definition) is 4. The third-order valence-electron chi connectivity index (χ3n) is 2.64. The van der Waals surface area contributed by atoms with Crippen LogP contribution in [0.3, 0.4) is 0 Å². The Morgan fingerprint density at radius 3 is 2.78 bits per heavy atom. The number of nitro benzene ring substituents is 1. The molecule has 0 aliphatic rings. The molecule has 0 aromatic heterocycles. The minimum absolute atomic E-state index is 0.0451. The van der Waals surface area contributed by atoms with Crippen LogP contribution in [0.4, 0.5) is 11.4 Å². The molecular weight excluding hydrogens is 232 g/mol. The van der Waals surface area contributed by atoms with Crippen LogP contribution < -0.4 is 4.90 Å². The molecule has 0 bridgehead atoms. The number of rotatable bonds is 7. The largest absolute Gasteiger partial charge is 0.391 e. The maximum Gasteiger partial charge on any atom is 0.275 e. The van der Waals surface area contributed by atoms with Crippen molar-refractivity contribution in [2.75, 3.05) is 18.0 Å². The summed E-state index contributed by atoms with van der Waals surface area (Å²) in [7, 11) is 0. The first-order valence-corrected chi connectivity index (χ1v) is 5.88. The zero-order chi connectivity index (χ0) is 13.5. The SMILES string of the molecule is C=CCN(CCC)c1ccc([N+](=O)[O-])c(CO)c1. The summed E-state index contributed by atoms with van der Waals surface area (Å²) in [4.78, 5) is 12.4. The maximum absolute atomic E-state index is 10.8. The Balaban J connectivity index is 3.09. The van der Waals surface area contributed by atoms with E-state index in [0.717, 1.165) is 18.7 Å². The Morgan fingerprint density at radius 1 is 1.56 bits per heavy atom. The highest BCUT2D eigenvalue weighted by Crippen LogP contribution is 2.25. The smallest absolute Gasteiger partial charge is 0.275 e. The van der Waals surface area contributed by atoms with Crippen LogP contribution >= 0.6 is 0 Å². The van der Waals surface area contributed by atoms with E-state index in [0.29, 0.717) is 12.1 Å². The minimum atomic E-state index is -0.479. The molecule has 0 atom stereocenters. The second-order valence-corrected chi connectivity index (χ2v) is 3.96. The Morgan fingerprint density at radius 2 is 2.28 bits per heavy atom. The zero-order valence-electron chi connectivity index (χ0n) is 10.5. The standard InChI is InChI=1S/C13H18N2O3/c1-3-7-14(8-4-2)12-5-6-13(15(17)18)11(9-12)10-16/h3,5-6,9,16H,1,4,7-8,10H2,2H3. The fourth-order valence-electron chi connectivity index (χ4n) is 1.82. The second-order valence-electron chi connectivity index (χ2n) is 3.96. The van der Waals surface area contributed by atoms with E-state index in [1.165, 1.54) is 6.07 Å². The number of hydrogen-bond donors (Lipinski definition) is 1. The van der Waals surface area contributed by atoms with E-state index < -0.39 is 4.92 Å². The number of aliphatic hydroxyl groups is 1. The zero-order valence-corrected chi connectivity index (χ0v) is 10.5. The molecule has 0 unspecified atom stereocenters. The Bertz CT molecular complexity index is 432. The van der Waals surface area contributed by atoms with Crippen molar-refractivity contribution in [2.45, 2.75) is 20.0 Å². The molecular formula is C13H18N2O3. The third-order valence-corrected chi connectivity index (χ3v) is 2.64. The van der Waals surface area contributed by atoms with Gasteiger partial charge in [0.2, 0.25) is 0 Å². The summed E-state index contributed by atoms with van der Waals surface area (Å²) < 4.78 is 0. The van der Waals surface area contributed by atoms with Crippen molar-refractivity contribution in [2.24, 2.45) is 0 Å². The summed E-state index contributed by atoms with van der Waals surface area (Å²) in [6, 6.07) is 4.81. The molecule has 98 valence electrons. The van der Waals surface area contributed by atoms with Crippen LogP contribution in [-0.4, -0.2) is 23.1 Å². The average Bonchev–Trinajstić information content (AvgIpc) is 2.37. The molecule has 1 N–H and O–H groups in total. The molecule has 0 heterocycles. The second kappa shape index (κ2) is 6.76. The van der Waals surface area contributed by atoms with Crippen LogP contribution in [0, 0.1) is 10.1 Å². The summed E-state index contributed by atoms with van der Waals surface area (Å²) >= 11 is 0. The lowest BCUT2D eigenvalue weighted by Gasteiger charge is -2.23. The van der Waals surface area contributed by atoms with Crippen LogP contribution in [0.2, 0.25) is 0 Å². The van der Waals surface area contributed by atoms with Crippen molar-refractivity contribution >= 4 is 11.4 Å². The first-order chi connectivity index (χ1) is 8.63. The summed E-state index contributed by atoms with van der Waals surface area (Å²) in [5.41, 5.74) is 1.16. The normalized spacial score (nSPS) is 10.1. The van der Waals surface area contributed by atoms with Crippen LogP contribution in [0.1, 0.15) is 18.9 Å². The molecule has 0 amide bonds. The van der Waals surface area contributed by atoms with Gasteiger partial charge < -0.3 is 10.0 Å². The molecule has 0 saturated heterocycles. The first kappa shape index (κ1) is 14.2. The van der Waals surface area contributed by atoms with Crippen LogP contribution in [0.15, 0.2) is 30.9 Å². The van der Waals surface area contributed by atoms with Gasteiger partial charge in [0.15, 0.2) is 0 Å². The van der Waals surface area contributed by atoms with Gasteiger partial charge in [-0.15, -0.1) is 6.58 Å². The molecule has 1 rings (SSSR count).